The Kier molecular flexibility index (Phi) is 7.19. The number of rotatable bonds is 9. The van der Waals surface area contributed by atoms with Crippen LogP contribution in [0, 0.1) is 11.8 Å². The van der Waals surface area contributed by atoms with Crippen molar-refractivity contribution in [3.05, 3.63) is 6.07 Å². The van der Waals surface area contributed by atoms with Crippen molar-refractivity contribution in [2.75, 3.05) is 37.9 Å². The van der Waals surface area contributed by atoms with Crippen LogP contribution in [0.25, 0.3) is 0 Å². The Morgan fingerprint density at radius 3 is 2.20 bits per heavy atom. The zero-order chi connectivity index (χ0) is 19.4. The van der Waals surface area contributed by atoms with Gasteiger partial charge in [-0.15, -0.1) is 0 Å². The Morgan fingerprint density at radius 2 is 1.76 bits per heavy atom. The van der Waals surface area contributed by atoms with E-state index in [1.807, 2.05) is 14.1 Å². The molecule has 1 aromatic heterocycles. The van der Waals surface area contributed by atoms with E-state index in [2.05, 4.69) is 9.97 Å². The summed E-state index contributed by atoms with van der Waals surface area (Å²) in [5.74, 6) is 0.204. The molecule has 4 N–H and O–H groups in total. The molecule has 0 aromatic carbocycles. The van der Waals surface area contributed by atoms with Crippen LogP contribution in [-0.2, 0) is 9.30 Å². The van der Waals surface area contributed by atoms with E-state index in [0.29, 0.717) is 5.82 Å². The Balaban J connectivity index is 2.80. The quantitative estimate of drug-likeness (QED) is 0.435. The molecule has 1 heterocycles. The van der Waals surface area contributed by atoms with Crippen molar-refractivity contribution in [3.8, 4) is 5.88 Å². The van der Waals surface area contributed by atoms with Crippen molar-refractivity contribution in [1.82, 2.24) is 9.97 Å². The number of anilines is 2. The van der Waals surface area contributed by atoms with Crippen molar-refractivity contribution in [3.63, 3.8) is 0 Å². The van der Waals surface area contributed by atoms with Crippen molar-refractivity contribution in [1.29, 1.82) is 0 Å². The molecule has 0 bridgehead atoms. The van der Waals surface area contributed by atoms with Gasteiger partial charge in [0.2, 0.25) is 11.8 Å². The lowest BCUT2D eigenvalue weighted by atomic mass is 9.95. The number of nitrogen functional groups attached to an aromatic ring is 1. The molecule has 0 spiro atoms. The fourth-order valence-corrected chi connectivity index (χ4v) is 4.45. The lowest BCUT2D eigenvalue weighted by molar-refractivity contribution is -0.0701. The highest BCUT2D eigenvalue weighted by molar-refractivity contribution is 7.53. The number of ether oxygens (including phenoxy) is 2. The van der Waals surface area contributed by atoms with E-state index >= 15 is 0 Å². The molecule has 0 fully saturated rings. The van der Waals surface area contributed by atoms with E-state index in [4.69, 9.17) is 15.2 Å². The third-order valence-electron chi connectivity index (χ3n) is 3.94. The molecule has 0 atom stereocenters. The van der Waals surface area contributed by atoms with Crippen molar-refractivity contribution in [2.24, 2.45) is 11.8 Å². The summed E-state index contributed by atoms with van der Waals surface area (Å²) in [5, 5.41) is -1.56. The summed E-state index contributed by atoms with van der Waals surface area (Å²) < 4.78 is 23.2. The first-order chi connectivity index (χ1) is 11.4. The van der Waals surface area contributed by atoms with Gasteiger partial charge in [0.05, 0.1) is 6.61 Å². The second kappa shape index (κ2) is 8.31. The van der Waals surface area contributed by atoms with E-state index in [-0.39, 0.29) is 36.9 Å². The fraction of sp³-hybridized carbons (Fsp3) is 0.733. The Bertz CT molecular complexity index is 610. The normalized spacial score (nSPS) is 12.7. The highest BCUT2D eigenvalue weighted by Gasteiger charge is 2.53. The average molecular weight is 376 g/mol. The van der Waals surface area contributed by atoms with Gasteiger partial charge >= 0.3 is 7.60 Å². The molecule has 144 valence electrons. The van der Waals surface area contributed by atoms with Crippen LogP contribution < -0.4 is 15.4 Å². The van der Waals surface area contributed by atoms with Crippen molar-refractivity contribution in [2.45, 2.75) is 33.0 Å². The Hall–Kier alpha value is -1.41. The van der Waals surface area contributed by atoms with E-state index in [0.717, 1.165) is 0 Å². The number of nitrogens with zero attached hydrogens (tertiary/aromatic N) is 3. The maximum Gasteiger partial charge on any atom is 0.357 e. The summed E-state index contributed by atoms with van der Waals surface area (Å²) in [7, 11) is -0.862. The molecule has 0 aliphatic rings. The van der Waals surface area contributed by atoms with Crippen LogP contribution in [0.3, 0.4) is 0 Å². The first-order valence-corrected chi connectivity index (χ1v) is 9.67. The second-order valence-corrected chi connectivity index (χ2v) is 8.41. The maximum atomic E-state index is 12.1. The van der Waals surface area contributed by atoms with Gasteiger partial charge in [-0.2, -0.15) is 9.97 Å². The summed E-state index contributed by atoms with van der Waals surface area (Å²) in [6.07, 6.45) is 0. The highest BCUT2D eigenvalue weighted by Crippen LogP contribution is 2.59. The van der Waals surface area contributed by atoms with Gasteiger partial charge in [0.15, 0.2) is 5.34 Å². The number of hydrogen-bond donors (Lipinski definition) is 3. The second-order valence-electron chi connectivity index (χ2n) is 6.62. The zero-order valence-electron chi connectivity index (χ0n) is 15.6. The monoisotopic (exact) mass is 376 g/mol. The molecule has 0 unspecified atom stereocenters. The van der Waals surface area contributed by atoms with Crippen LogP contribution in [0.5, 0.6) is 5.88 Å². The molecule has 0 aliphatic carbocycles. The average Bonchev–Trinajstić information content (AvgIpc) is 2.44. The zero-order valence-corrected chi connectivity index (χ0v) is 16.5. The molecule has 0 saturated heterocycles. The molecular formula is C15H29N4O5P. The van der Waals surface area contributed by atoms with Crippen LogP contribution in [0.1, 0.15) is 27.7 Å². The molecule has 1 aromatic rings. The molecule has 10 heteroatoms. The lowest BCUT2D eigenvalue weighted by Crippen LogP contribution is -2.44. The highest BCUT2D eigenvalue weighted by atomic mass is 31.2. The third kappa shape index (κ3) is 5.04. The molecule has 0 amide bonds. The number of aromatic nitrogens is 2. The van der Waals surface area contributed by atoms with Gasteiger partial charge in [0, 0.05) is 20.2 Å². The predicted octanol–water partition coefficient (Wildman–Crippen LogP) is 1.71. The van der Waals surface area contributed by atoms with Gasteiger partial charge in [0.1, 0.15) is 12.4 Å². The van der Waals surface area contributed by atoms with Crippen LogP contribution in [0.15, 0.2) is 6.07 Å². The smallest absolute Gasteiger partial charge is 0.357 e. The molecule has 0 aliphatic heterocycles. The first-order valence-electron chi connectivity index (χ1n) is 8.06. The topological polar surface area (TPSA) is 131 Å². The first kappa shape index (κ1) is 21.6. The summed E-state index contributed by atoms with van der Waals surface area (Å²) in [5.41, 5.74) is 5.64. The maximum absolute atomic E-state index is 12.1. The van der Waals surface area contributed by atoms with Crippen LogP contribution in [-0.4, -0.2) is 52.4 Å². The van der Waals surface area contributed by atoms with Crippen LogP contribution in [0.2, 0.25) is 0 Å². The summed E-state index contributed by atoms with van der Waals surface area (Å²) >= 11 is 0. The minimum Gasteiger partial charge on any atom is -0.475 e. The van der Waals surface area contributed by atoms with E-state index in [1.54, 1.807) is 38.7 Å². The van der Waals surface area contributed by atoms with E-state index in [1.165, 1.54) is 0 Å². The molecular weight excluding hydrogens is 347 g/mol. The van der Waals surface area contributed by atoms with Crippen LogP contribution >= 0.6 is 7.60 Å². The molecule has 0 saturated carbocycles. The Labute approximate surface area is 148 Å². The predicted molar refractivity (Wildman–Crippen MR) is 96.7 cm³/mol. The van der Waals surface area contributed by atoms with Gasteiger partial charge in [-0.05, 0) is 11.8 Å². The fourth-order valence-electron chi connectivity index (χ4n) is 2.84. The van der Waals surface area contributed by atoms with Crippen molar-refractivity contribution < 1.29 is 23.8 Å². The van der Waals surface area contributed by atoms with Crippen LogP contribution in [0.4, 0.5) is 11.8 Å². The lowest BCUT2D eigenvalue weighted by Gasteiger charge is -2.41. The molecule has 1 rings (SSSR count). The SMILES string of the molecule is CC(C)C(OCCOc1cc(N(C)C)nc(N)n1)(C(C)C)P(=O)(O)O. The van der Waals surface area contributed by atoms with E-state index < -0.39 is 12.9 Å². The Morgan fingerprint density at radius 1 is 1.20 bits per heavy atom. The van der Waals surface area contributed by atoms with Crippen molar-refractivity contribution >= 4 is 19.4 Å². The minimum absolute atomic E-state index is 0.00265. The molecule has 9 nitrogen and oxygen atoms in total. The van der Waals surface area contributed by atoms with Gasteiger partial charge in [-0.1, -0.05) is 27.7 Å². The number of nitrogens with two attached hydrogens (primary N) is 1. The molecule has 0 radical (unpaired) electrons. The summed E-state index contributed by atoms with van der Waals surface area (Å²) in [6.45, 7) is 7.00. The number of hydrogen-bond acceptors (Lipinski definition) is 7. The standard InChI is InChI=1S/C15H29N4O5P/c1-10(2)15(11(3)4,25(20,21)22)24-8-7-23-13-9-12(19(5)6)17-14(16)18-13/h9-11H,7-8H2,1-6H3,(H2,16,17,18)(H2,20,21,22). The van der Waals surface area contributed by atoms with E-state index in [9.17, 15) is 14.4 Å². The third-order valence-corrected chi connectivity index (χ3v) is 6.01. The largest absolute Gasteiger partial charge is 0.475 e. The van der Waals surface area contributed by atoms with Gasteiger partial charge < -0.3 is 29.9 Å². The minimum atomic E-state index is -4.49. The summed E-state index contributed by atoms with van der Waals surface area (Å²) in [4.78, 5) is 29.4. The van der Waals surface area contributed by atoms with Gasteiger partial charge in [-0.3, -0.25) is 4.57 Å². The van der Waals surface area contributed by atoms with Gasteiger partial charge in [0.25, 0.3) is 0 Å². The van der Waals surface area contributed by atoms with Gasteiger partial charge in [-0.25, -0.2) is 0 Å². The summed E-state index contributed by atoms with van der Waals surface area (Å²) in [6, 6.07) is 1.62. The molecule has 25 heavy (non-hydrogen) atoms.